The van der Waals surface area contributed by atoms with Gasteiger partial charge in [-0.05, 0) is 16.7 Å². The van der Waals surface area contributed by atoms with Crippen molar-refractivity contribution in [1.29, 1.82) is 0 Å². The summed E-state index contributed by atoms with van der Waals surface area (Å²) in [6.45, 7) is 0.523. The number of carbonyl (C=O) groups excluding carboxylic acids is 2. The van der Waals surface area contributed by atoms with Gasteiger partial charge in [-0.25, -0.2) is 4.79 Å². The Morgan fingerprint density at radius 2 is 1.33 bits per heavy atom. The first kappa shape index (κ1) is 21.3. The molecule has 0 spiro atoms. The van der Waals surface area contributed by atoms with Gasteiger partial charge in [-0.15, -0.1) is 0 Å². The van der Waals surface area contributed by atoms with E-state index in [0.29, 0.717) is 13.0 Å². The predicted octanol–water partition coefficient (Wildman–Crippen LogP) is 3.42. The summed E-state index contributed by atoms with van der Waals surface area (Å²) >= 11 is 0. The van der Waals surface area contributed by atoms with Crippen LogP contribution in [0.1, 0.15) is 22.7 Å². The number of ether oxygens (including phenoxy) is 1. The summed E-state index contributed by atoms with van der Waals surface area (Å²) in [6.07, 6.45) is 0.361. The molecule has 0 fully saturated rings. The molecule has 0 aliphatic rings. The van der Waals surface area contributed by atoms with Crippen molar-refractivity contribution in [1.82, 2.24) is 10.6 Å². The molecule has 2 atom stereocenters. The van der Waals surface area contributed by atoms with Crippen molar-refractivity contribution in [2.75, 3.05) is 7.11 Å². The number of nitrogens with one attached hydrogen (secondary N) is 2. The lowest BCUT2D eigenvalue weighted by Gasteiger charge is -2.23. The maximum atomic E-state index is 13.2. The zero-order valence-corrected chi connectivity index (χ0v) is 17.0. The minimum atomic E-state index is -0.769. The maximum Gasteiger partial charge on any atom is 0.328 e. The summed E-state index contributed by atoms with van der Waals surface area (Å²) in [6, 6.07) is 27.5. The molecule has 3 aromatic carbocycles. The highest BCUT2D eigenvalue weighted by molar-refractivity contribution is 5.88. The molecule has 0 aliphatic heterocycles. The molecule has 3 aromatic rings. The van der Waals surface area contributed by atoms with Crippen molar-refractivity contribution >= 4 is 11.9 Å². The molecule has 5 heteroatoms. The monoisotopic (exact) mass is 402 g/mol. The van der Waals surface area contributed by atoms with Gasteiger partial charge in [0.05, 0.1) is 7.11 Å². The highest BCUT2D eigenvalue weighted by Crippen LogP contribution is 2.15. The Balaban J connectivity index is 1.76. The predicted molar refractivity (Wildman–Crippen MR) is 117 cm³/mol. The normalized spacial score (nSPS) is 12.6. The molecule has 2 N–H and O–H groups in total. The van der Waals surface area contributed by atoms with Crippen LogP contribution in [0.25, 0.3) is 0 Å². The topological polar surface area (TPSA) is 67.4 Å². The van der Waals surface area contributed by atoms with Crippen LogP contribution in [0.5, 0.6) is 0 Å². The Hall–Kier alpha value is -3.44. The van der Waals surface area contributed by atoms with Crippen LogP contribution in [-0.4, -0.2) is 25.0 Å². The largest absolute Gasteiger partial charge is 0.467 e. The van der Waals surface area contributed by atoms with Crippen LogP contribution in [0, 0.1) is 0 Å². The van der Waals surface area contributed by atoms with Crippen molar-refractivity contribution in [3.63, 3.8) is 0 Å². The summed E-state index contributed by atoms with van der Waals surface area (Å²) in [4.78, 5) is 25.5. The molecular formula is C25H26N2O3. The molecule has 3 rings (SSSR count). The number of benzene rings is 3. The van der Waals surface area contributed by atoms with E-state index in [1.54, 1.807) is 0 Å². The molecule has 0 bridgehead atoms. The molecule has 0 aliphatic carbocycles. The summed E-state index contributed by atoms with van der Waals surface area (Å²) in [5, 5.41) is 6.19. The number of carbonyl (C=O) groups is 2. The first-order valence-electron chi connectivity index (χ1n) is 9.91. The molecule has 1 amide bonds. The van der Waals surface area contributed by atoms with E-state index in [-0.39, 0.29) is 5.91 Å². The average molecular weight is 402 g/mol. The lowest BCUT2D eigenvalue weighted by molar-refractivity contribution is -0.145. The van der Waals surface area contributed by atoms with E-state index in [4.69, 9.17) is 4.74 Å². The molecule has 0 saturated heterocycles. The van der Waals surface area contributed by atoms with E-state index in [2.05, 4.69) is 10.6 Å². The van der Waals surface area contributed by atoms with Gasteiger partial charge in [0.25, 0.3) is 0 Å². The van der Waals surface area contributed by atoms with Crippen molar-refractivity contribution in [3.8, 4) is 0 Å². The van der Waals surface area contributed by atoms with Gasteiger partial charge in [0, 0.05) is 13.0 Å². The van der Waals surface area contributed by atoms with Crippen LogP contribution >= 0.6 is 0 Å². The van der Waals surface area contributed by atoms with E-state index < -0.39 is 18.1 Å². The number of hydrogen-bond acceptors (Lipinski definition) is 4. The van der Waals surface area contributed by atoms with Crippen LogP contribution in [0.4, 0.5) is 0 Å². The standard InChI is InChI=1S/C25H26N2O3/c1-30-25(29)22(17-19-11-5-2-6-12-19)27-24(28)23(21-15-9-4-10-16-21)26-18-20-13-7-3-8-14-20/h2-16,22-23,26H,17-18H2,1H3,(H,27,28)/t22-,23-/m0/s1. The van der Waals surface area contributed by atoms with Crippen LogP contribution < -0.4 is 10.6 Å². The van der Waals surface area contributed by atoms with Crippen LogP contribution in [0.3, 0.4) is 0 Å². The Bertz CT molecular complexity index is 930. The molecule has 0 aromatic heterocycles. The van der Waals surface area contributed by atoms with Gasteiger partial charge < -0.3 is 10.1 Å². The van der Waals surface area contributed by atoms with E-state index >= 15 is 0 Å². The minimum absolute atomic E-state index is 0.275. The van der Waals surface area contributed by atoms with E-state index in [1.165, 1.54) is 7.11 Å². The highest BCUT2D eigenvalue weighted by Gasteiger charge is 2.27. The second kappa shape index (κ2) is 10.9. The maximum absolute atomic E-state index is 13.2. The lowest BCUT2D eigenvalue weighted by atomic mass is 10.0. The van der Waals surface area contributed by atoms with Crippen LogP contribution in [-0.2, 0) is 27.3 Å². The second-order valence-corrected chi connectivity index (χ2v) is 6.98. The number of hydrogen-bond donors (Lipinski definition) is 2. The summed E-state index contributed by atoms with van der Waals surface area (Å²) in [7, 11) is 1.33. The molecule has 0 radical (unpaired) electrons. The SMILES string of the molecule is COC(=O)[C@H](Cc1ccccc1)NC(=O)[C@@H](NCc1ccccc1)c1ccccc1. The average Bonchev–Trinajstić information content (AvgIpc) is 2.80. The molecular weight excluding hydrogens is 376 g/mol. The molecule has 0 heterocycles. The van der Waals surface area contributed by atoms with Crippen molar-refractivity contribution in [2.45, 2.75) is 25.0 Å². The molecule has 30 heavy (non-hydrogen) atoms. The van der Waals surface area contributed by atoms with E-state index in [9.17, 15) is 9.59 Å². The van der Waals surface area contributed by atoms with Crippen molar-refractivity contribution in [2.24, 2.45) is 0 Å². The fourth-order valence-corrected chi connectivity index (χ4v) is 3.26. The van der Waals surface area contributed by atoms with Gasteiger partial charge in [-0.1, -0.05) is 91.0 Å². The third-order valence-electron chi connectivity index (χ3n) is 4.83. The van der Waals surface area contributed by atoms with Gasteiger partial charge >= 0.3 is 5.97 Å². The minimum Gasteiger partial charge on any atom is -0.467 e. The van der Waals surface area contributed by atoms with Crippen molar-refractivity contribution < 1.29 is 14.3 Å². The Morgan fingerprint density at radius 3 is 1.90 bits per heavy atom. The Morgan fingerprint density at radius 1 is 0.800 bits per heavy atom. The van der Waals surface area contributed by atoms with Gasteiger partial charge in [0.15, 0.2) is 0 Å². The van der Waals surface area contributed by atoms with Crippen LogP contribution in [0.15, 0.2) is 91.0 Å². The fourth-order valence-electron chi connectivity index (χ4n) is 3.26. The highest BCUT2D eigenvalue weighted by atomic mass is 16.5. The van der Waals surface area contributed by atoms with E-state index in [1.807, 2.05) is 91.0 Å². The Kier molecular flexibility index (Phi) is 7.75. The summed E-state index contributed by atoms with van der Waals surface area (Å²) < 4.78 is 4.93. The molecule has 0 unspecified atom stereocenters. The van der Waals surface area contributed by atoms with E-state index in [0.717, 1.165) is 16.7 Å². The number of amides is 1. The Labute approximate surface area is 177 Å². The molecule has 0 saturated carbocycles. The van der Waals surface area contributed by atoms with Gasteiger partial charge in [-0.2, -0.15) is 0 Å². The zero-order valence-electron chi connectivity index (χ0n) is 17.0. The zero-order chi connectivity index (χ0) is 21.2. The fraction of sp³-hybridized carbons (Fsp3) is 0.200. The number of esters is 1. The van der Waals surface area contributed by atoms with Gasteiger partial charge in [0.1, 0.15) is 12.1 Å². The quantitative estimate of drug-likeness (QED) is 0.538. The first-order valence-corrected chi connectivity index (χ1v) is 9.91. The van der Waals surface area contributed by atoms with Crippen molar-refractivity contribution in [3.05, 3.63) is 108 Å². The first-order chi connectivity index (χ1) is 14.7. The molecule has 5 nitrogen and oxygen atoms in total. The lowest BCUT2D eigenvalue weighted by Crippen LogP contribution is -2.47. The second-order valence-electron chi connectivity index (χ2n) is 6.98. The van der Waals surface area contributed by atoms with Gasteiger partial charge in [-0.3, -0.25) is 10.1 Å². The third kappa shape index (κ3) is 6.03. The number of methoxy groups -OCH3 is 1. The number of rotatable bonds is 9. The third-order valence-corrected chi connectivity index (χ3v) is 4.83. The summed E-state index contributed by atoms with van der Waals surface area (Å²) in [5.41, 5.74) is 2.84. The smallest absolute Gasteiger partial charge is 0.328 e. The van der Waals surface area contributed by atoms with Crippen LogP contribution in [0.2, 0.25) is 0 Å². The summed E-state index contributed by atoms with van der Waals surface area (Å²) in [5.74, 6) is -0.745. The van der Waals surface area contributed by atoms with Gasteiger partial charge in [0.2, 0.25) is 5.91 Å². The molecule has 154 valence electrons.